The molecule has 1 unspecified atom stereocenters. The van der Waals surface area contributed by atoms with Crippen LogP contribution in [-0.4, -0.2) is 26.9 Å². The zero-order valence-electron chi connectivity index (χ0n) is 28.3. The number of carbonyl (C=O) groups excluding carboxylic acids is 1. The van der Waals surface area contributed by atoms with Crippen LogP contribution < -0.4 is 4.74 Å². The number of nitrogens with zero attached hydrogens (tertiary/aromatic N) is 3. The Kier molecular flexibility index (Phi) is 9.83. The summed E-state index contributed by atoms with van der Waals surface area (Å²) in [4.78, 5) is 23.2. The second-order valence-electron chi connectivity index (χ2n) is 12.3. The SMILES string of the molecule is CCCc1coc(CC(c2ccc(OCCc3nc(-c4ccccc4)oc3C)cc2)c2cccn2-c2ccccc2C(=O)c2ccccc2)n1. The summed E-state index contributed by atoms with van der Waals surface area (Å²) >= 11 is 0. The lowest BCUT2D eigenvalue weighted by atomic mass is 9.91. The summed E-state index contributed by atoms with van der Waals surface area (Å²) in [6.45, 7) is 4.54. The van der Waals surface area contributed by atoms with Crippen LogP contribution in [0.5, 0.6) is 5.75 Å². The number of benzene rings is 4. The lowest BCUT2D eigenvalue weighted by Gasteiger charge is -2.21. The van der Waals surface area contributed by atoms with Crippen molar-refractivity contribution in [2.75, 3.05) is 6.61 Å². The molecule has 0 saturated heterocycles. The number of ketones is 1. The molecule has 0 spiro atoms. The van der Waals surface area contributed by atoms with E-state index in [2.05, 4.69) is 29.7 Å². The maximum absolute atomic E-state index is 13.7. The van der Waals surface area contributed by atoms with E-state index in [1.165, 1.54) is 0 Å². The molecule has 7 nitrogen and oxygen atoms in total. The first kappa shape index (κ1) is 32.6. The number of hydrogen-bond acceptors (Lipinski definition) is 6. The molecule has 0 bridgehead atoms. The Bertz CT molecular complexity index is 2160. The first-order chi connectivity index (χ1) is 24.6. The van der Waals surface area contributed by atoms with Gasteiger partial charge in [-0.25, -0.2) is 9.97 Å². The third-order valence-electron chi connectivity index (χ3n) is 8.87. The van der Waals surface area contributed by atoms with Gasteiger partial charge in [0.1, 0.15) is 17.8 Å². The van der Waals surface area contributed by atoms with Gasteiger partial charge in [-0.2, -0.15) is 0 Å². The third-order valence-corrected chi connectivity index (χ3v) is 8.87. The van der Waals surface area contributed by atoms with E-state index in [-0.39, 0.29) is 11.7 Å². The highest BCUT2D eigenvalue weighted by atomic mass is 16.5. The van der Waals surface area contributed by atoms with Crippen LogP contribution in [0.2, 0.25) is 0 Å². The van der Waals surface area contributed by atoms with Gasteiger partial charge in [-0.3, -0.25) is 4.79 Å². The van der Waals surface area contributed by atoms with E-state index < -0.39 is 0 Å². The summed E-state index contributed by atoms with van der Waals surface area (Å²) in [7, 11) is 0. The molecule has 0 N–H and O–H groups in total. The fraction of sp³-hybridized carbons (Fsp3) is 0.186. The van der Waals surface area contributed by atoms with Gasteiger partial charge in [-0.1, -0.05) is 86.1 Å². The summed E-state index contributed by atoms with van der Waals surface area (Å²) in [6, 6.07) is 39.4. The number of aryl methyl sites for hydroxylation is 2. The highest BCUT2D eigenvalue weighted by Crippen LogP contribution is 2.33. The molecule has 7 aromatic rings. The maximum Gasteiger partial charge on any atom is 0.226 e. The normalized spacial score (nSPS) is 11.8. The van der Waals surface area contributed by atoms with Crippen LogP contribution in [-0.2, 0) is 19.3 Å². The van der Waals surface area contributed by atoms with Gasteiger partial charge in [0.2, 0.25) is 5.89 Å². The molecule has 1 atom stereocenters. The number of rotatable bonds is 14. The molecule has 7 heteroatoms. The van der Waals surface area contributed by atoms with Gasteiger partial charge in [0.05, 0.1) is 23.7 Å². The van der Waals surface area contributed by atoms with Crippen molar-refractivity contribution in [1.82, 2.24) is 14.5 Å². The molecule has 0 amide bonds. The van der Waals surface area contributed by atoms with Gasteiger partial charge >= 0.3 is 0 Å². The van der Waals surface area contributed by atoms with Crippen molar-refractivity contribution in [3.05, 3.63) is 179 Å². The van der Waals surface area contributed by atoms with Gasteiger partial charge in [0.25, 0.3) is 0 Å². The third kappa shape index (κ3) is 7.22. The lowest BCUT2D eigenvalue weighted by Crippen LogP contribution is -2.14. The largest absolute Gasteiger partial charge is 0.493 e. The van der Waals surface area contributed by atoms with Crippen molar-refractivity contribution in [1.29, 1.82) is 0 Å². The zero-order valence-corrected chi connectivity index (χ0v) is 28.3. The van der Waals surface area contributed by atoms with Crippen LogP contribution in [0.4, 0.5) is 0 Å². The van der Waals surface area contributed by atoms with Crippen molar-refractivity contribution in [3.63, 3.8) is 0 Å². The monoisotopic (exact) mass is 661 g/mol. The van der Waals surface area contributed by atoms with E-state index in [0.717, 1.165) is 58.2 Å². The van der Waals surface area contributed by atoms with Gasteiger partial charge in [0, 0.05) is 47.3 Å². The smallest absolute Gasteiger partial charge is 0.226 e. The Morgan fingerprint density at radius 1 is 0.820 bits per heavy atom. The first-order valence-electron chi connectivity index (χ1n) is 17.1. The van der Waals surface area contributed by atoms with E-state index >= 15 is 0 Å². The van der Waals surface area contributed by atoms with Gasteiger partial charge < -0.3 is 18.1 Å². The van der Waals surface area contributed by atoms with Gasteiger partial charge in [-0.15, -0.1) is 0 Å². The molecule has 4 aromatic carbocycles. The molecular formula is C43H39N3O4. The van der Waals surface area contributed by atoms with Crippen LogP contribution >= 0.6 is 0 Å². The van der Waals surface area contributed by atoms with Gasteiger partial charge in [-0.05, 0) is 67.4 Å². The van der Waals surface area contributed by atoms with Crippen molar-refractivity contribution in [2.24, 2.45) is 0 Å². The lowest BCUT2D eigenvalue weighted by molar-refractivity contribution is 0.103. The van der Waals surface area contributed by atoms with E-state index in [0.29, 0.717) is 42.4 Å². The molecule has 3 heterocycles. The van der Waals surface area contributed by atoms with Crippen LogP contribution in [0.3, 0.4) is 0 Å². The minimum absolute atomic E-state index is 0.0205. The average molecular weight is 662 g/mol. The van der Waals surface area contributed by atoms with Crippen LogP contribution in [0, 0.1) is 6.92 Å². The Balaban J connectivity index is 1.14. The minimum Gasteiger partial charge on any atom is -0.493 e. The summed E-state index contributed by atoms with van der Waals surface area (Å²) in [5.74, 6) is 2.74. The standard InChI is InChI=1S/C43H39N3O4/c1-3-13-34-29-49-41(44-34)28-37(40-20-12-26-46(40)39-19-11-10-18-36(39)42(47)32-14-6-4-7-15-32)31-21-23-35(24-22-31)48-27-25-38-30(2)50-43(45-38)33-16-8-5-9-17-33/h4-12,14-24,26,29,37H,3,13,25,27-28H2,1-2H3. The second kappa shape index (κ2) is 15.1. The summed E-state index contributed by atoms with van der Waals surface area (Å²) in [5, 5.41) is 0. The van der Waals surface area contributed by atoms with E-state index in [1.807, 2.05) is 116 Å². The number of ether oxygens (including phenoxy) is 1. The highest BCUT2D eigenvalue weighted by Gasteiger charge is 2.24. The van der Waals surface area contributed by atoms with Gasteiger partial charge in [0.15, 0.2) is 11.7 Å². The van der Waals surface area contributed by atoms with Crippen molar-refractivity contribution < 1.29 is 18.4 Å². The molecule has 0 radical (unpaired) electrons. The predicted molar refractivity (Wildman–Crippen MR) is 194 cm³/mol. The molecule has 0 aliphatic heterocycles. The highest BCUT2D eigenvalue weighted by molar-refractivity contribution is 6.11. The van der Waals surface area contributed by atoms with E-state index in [9.17, 15) is 4.79 Å². The quantitative estimate of drug-likeness (QED) is 0.108. The molecule has 0 fully saturated rings. The number of para-hydroxylation sites is 1. The number of aromatic nitrogens is 3. The van der Waals surface area contributed by atoms with E-state index in [1.54, 1.807) is 6.26 Å². The van der Waals surface area contributed by atoms with Crippen LogP contribution in [0.15, 0.2) is 143 Å². The average Bonchev–Trinajstić information content (AvgIpc) is 3.92. The number of hydrogen-bond donors (Lipinski definition) is 0. The van der Waals surface area contributed by atoms with Crippen LogP contribution in [0.25, 0.3) is 17.1 Å². The number of oxazole rings is 2. The summed E-state index contributed by atoms with van der Waals surface area (Å²) in [5.41, 5.74) is 7.02. The van der Waals surface area contributed by atoms with Crippen molar-refractivity contribution in [2.45, 2.75) is 45.4 Å². The Morgan fingerprint density at radius 3 is 2.34 bits per heavy atom. The molecular weight excluding hydrogens is 622 g/mol. The topological polar surface area (TPSA) is 83.3 Å². The fourth-order valence-electron chi connectivity index (χ4n) is 6.33. The predicted octanol–water partition coefficient (Wildman–Crippen LogP) is 9.61. The zero-order chi connectivity index (χ0) is 34.3. The van der Waals surface area contributed by atoms with Crippen LogP contribution in [0.1, 0.15) is 69.5 Å². The summed E-state index contributed by atoms with van der Waals surface area (Å²) < 4.78 is 20.2. The number of carbonyl (C=O) groups is 1. The van der Waals surface area contributed by atoms with Crippen molar-refractivity contribution >= 4 is 5.78 Å². The maximum atomic E-state index is 13.7. The van der Waals surface area contributed by atoms with Crippen molar-refractivity contribution in [3.8, 4) is 22.9 Å². The Hall–Kier alpha value is -5.95. The second-order valence-corrected chi connectivity index (χ2v) is 12.3. The summed E-state index contributed by atoms with van der Waals surface area (Å²) in [6.07, 6.45) is 6.83. The molecule has 50 heavy (non-hydrogen) atoms. The Labute approximate surface area is 292 Å². The first-order valence-corrected chi connectivity index (χ1v) is 17.1. The molecule has 0 aliphatic rings. The Morgan fingerprint density at radius 2 is 1.56 bits per heavy atom. The molecule has 3 aromatic heterocycles. The molecule has 250 valence electrons. The molecule has 0 aliphatic carbocycles. The molecule has 7 rings (SSSR count). The minimum atomic E-state index is -0.110. The van der Waals surface area contributed by atoms with E-state index in [4.69, 9.17) is 23.5 Å². The fourth-order valence-corrected chi connectivity index (χ4v) is 6.33. The molecule has 0 saturated carbocycles.